The van der Waals surface area contributed by atoms with Gasteiger partial charge in [0.2, 0.25) is 0 Å². The molecular weight excluding hydrogens is 322 g/mol. The van der Waals surface area contributed by atoms with Crippen LogP contribution in [0.5, 0.6) is 0 Å². The van der Waals surface area contributed by atoms with Crippen molar-refractivity contribution in [2.75, 3.05) is 0 Å². The third-order valence-corrected chi connectivity index (χ3v) is 3.77. The van der Waals surface area contributed by atoms with E-state index in [0.29, 0.717) is 0 Å². The van der Waals surface area contributed by atoms with Crippen molar-refractivity contribution in [2.24, 2.45) is 5.92 Å². The molecule has 2 nitrogen and oxygen atoms in total. The topological polar surface area (TPSA) is 33.1 Å². The normalized spacial score (nSPS) is 17.8. The highest BCUT2D eigenvalue weighted by atomic mass is 79.9. The van der Waals surface area contributed by atoms with Crippen LogP contribution < -0.4 is 0 Å². The van der Waals surface area contributed by atoms with E-state index in [-0.39, 0.29) is 0 Å². The van der Waals surface area contributed by atoms with Gasteiger partial charge in [0.1, 0.15) is 0 Å². The van der Waals surface area contributed by atoms with Gasteiger partial charge >= 0.3 is 0 Å². The van der Waals surface area contributed by atoms with Gasteiger partial charge in [0.25, 0.3) is 0 Å². The van der Waals surface area contributed by atoms with Gasteiger partial charge in [0, 0.05) is 15.1 Å². The first kappa shape index (κ1) is 11.6. The molecule has 1 unspecified atom stereocenters. The highest BCUT2D eigenvalue weighted by Gasteiger charge is 2.23. The van der Waals surface area contributed by atoms with Gasteiger partial charge in [-0.2, -0.15) is 0 Å². The van der Waals surface area contributed by atoms with E-state index in [2.05, 4.69) is 36.8 Å². The molecule has 1 aromatic heterocycles. The summed E-state index contributed by atoms with van der Waals surface area (Å²) in [6, 6.07) is 1.92. The molecule has 1 heterocycles. The Balaban J connectivity index is 1.99. The maximum atomic E-state index is 9.96. The van der Waals surface area contributed by atoms with Crippen molar-refractivity contribution in [3.8, 4) is 0 Å². The second-order valence-corrected chi connectivity index (χ2v) is 5.83. The van der Waals surface area contributed by atoms with E-state index in [4.69, 9.17) is 0 Å². The van der Waals surface area contributed by atoms with Gasteiger partial charge in [-0.05, 0) is 56.7 Å². The lowest BCUT2D eigenvalue weighted by atomic mass is 10.1. The standard InChI is InChI=1S/C11H13Br2NO/c12-8-5-9(13)11(14-6-8)10(15)4-3-7-1-2-7/h5-7,10,15H,1-4H2. The number of aliphatic hydroxyl groups is 1. The molecule has 4 heteroatoms. The summed E-state index contributed by atoms with van der Waals surface area (Å²) in [5, 5.41) is 9.96. The van der Waals surface area contributed by atoms with Crippen LogP contribution >= 0.6 is 31.9 Å². The third kappa shape index (κ3) is 3.26. The molecule has 0 spiro atoms. The summed E-state index contributed by atoms with van der Waals surface area (Å²) in [5.74, 6) is 0.855. The number of aromatic nitrogens is 1. The first-order valence-electron chi connectivity index (χ1n) is 5.16. The minimum absolute atomic E-state index is 0.437. The van der Waals surface area contributed by atoms with Crippen molar-refractivity contribution in [2.45, 2.75) is 31.8 Å². The molecule has 0 radical (unpaired) electrons. The van der Waals surface area contributed by atoms with Crippen molar-refractivity contribution in [3.63, 3.8) is 0 Å². The molecule has 15 heavy (non-hydrogen) atoms. The zero-order valence-corrected chi connectivity index (χ0v) is 11.5. The number of pyridine rings is 1. The van der Waals surface area contributed by atoms with Gasteiger partial charge in [-0.1, -0.05) is 12.8 Å². The SMILES string of the molecule is OC(CCC1CC1)c1ncc(Br)cc1Br. The van der Waals surface area contributed by atoms with Crippen LogP contribution in [0.4, 0.5) is 0 Å². The maximum absolute atomic E-state index is 9.96. The number of hydrogen-bond donors (Lipinski definition) is 1. The summed E-state index contributed by atoms with van der Waals surface area (Å²) < 4.78 is 1.80. The summed E-state index contributed by atoms with van der Waals surface area (Å²) in [6.45, 7) is 0. The van der Waals surface area contributed by atoms with Crippen LogP contribution in [0.15, 0.2) is 21.2 Å². The monoisotopic (exact) mass is 333 g/mol. The molecule has 1 N–H and O–H groups in total. The van der Waals surface area contributed by atoms with Crippen molar-refractivity contribution in [1.29, 1.82) is 0 Å². The Bertz CT molecular complexity index is 352. The maximum Gasteiger partial charge on any atom is 0.0971 e. The van der Waals surface area contributed by atoms with Crippen LogP contribution in [-0.4, -0.2) is 10.1 Å². The van der Waals surface area contributed by atoms with E-state index >= 15 is 0 Å². The minimum Gasteiger partial charge on any atom is -0.387 e. The van der Waals surface area contributed by atoms with Crippen LogP contribution in [0.1, 0.15) is 37.5 Å². The summed E-state index contributed by atoms with van der Waals surface area (Å²) in [7, 11) is 0. The molecule has 1 aromatic rings. The average Bonchev–Trinajstić information content (AvgIpc) is 2.97. The van der Waals surface area contributed by atoms with Crippen molar-refractivity contribution in [3.05, 3.63) is 26.9 Å². The lowest BCUT2D eigenvalue weighted by Crippen LogP contribution is -2.02. The van der Waals surface area contributed by atoms with Gasteiger partial charge in [0.05, 0.1) is 11.8 Å². The van der Waals surface area contributed by atoms with Crippen molar-refractivity contribution >= 4 is 31.9 Å². The van der Waals surface area contributed by atoms with Crippen LogP contribution in [0.3, 0.4) is 0 Å². The first-order chi connectivity index (χ1) is 7.16. The Kier molecular flexibility index (Phi) is 3.80. The van der Waals surface area contributed by atoms with E-state index in [1.807, 2.05) is 6.07 Å². The van der Waals surface area contributed by atoms with E-state index in [1.165, 1.54) is 12.8 Å². The number of rotatable bonds is 4. The number of hydrogen-bond acceptors (Lipinski definition) is 2. The third-order valence-electron chi connectivity index (χ3n) is 2.70. The lowest BCUT2D eigenvalue weighted by Gasteiger charge is -2.11. The van der Waals surface area contributed by atoms with Crippen molar-refractivity contribution < 1.29 is 5.11 Å². The second kappa shape index (κ2) is 4.93. The predicted octanol–water partition coefficient (Wildman–Crippen LogP) is 3.83. The molecule has 0 amide bonds. The highest BCUT2D eigenvalue weighted by molar-refractivity contribution is 9.11. The van der Waals surface area contributed by atoms with E-state index in [0.717, 1.165) is 33.4 Å². The summed E-state index contributed by atoms with van der Waals surface area (Å²) in [6.07, 6.45) is 5.89. The number of nitrogens with zero attached hydrogens (tertiary/aromatic N) is 1. The smallest absolute Gasteiger partial charge is 0.0971 e. The predicted molar refractivity (Wildman–Crippen MR) is 66.6 cm³/mol. The molecule has 82 valence electrons. The average molecular weight is 335 g/mol. The van der Waals surface area contributed by atoms with E-state index in [1.54, 1.807) is 6.20 Å². The van der Waals surface area contributed by atoms with Crippen LogP contribution in [0.2, 0.25) is 0 Å². The van der Waals surface area contributed by atoms with Gasteiger partial charge < -0.3 is 5.11 Å². The van der Waals surface area contributed by atoms with Crippen LogP contribution in [0, 0.1) is 5.92 Å². The Morgan fingerprint density at radius 3 is 2.80 bits per heavy atom. The second-order valence-electron chi connectivity index (χ2n) is 4.06. The quantitative estimate of drug-likeness (QED) is 0.907. The molecule has 0 aliphatic heterocycles. The summed E-state index contributed by atoms with van der Waals surface area (Å²) in [5.41, 5.74) is 0.749. The molecular formula is C11H13Br2NO. The molecule has 1 fully saturated rings. The Labute approximate surface area is 106 Å². The van der Waals surface area contributed by atoms with E-state index in [9.17, 15) is 5.11 Å². The summed E-state index contributed by atoms with van der Waals surface area (Å²) >= 11 is 6.76. The van der Waals surface area contributed by atoms with Gasteiger partial charge in [-0.25, -0.2) is 0 Å². The Morgan fingerprint density at radius 1 is 1.47 bits per heavy atom. The van der Waals surface area contributed by atoms with Crippen LogP contribution in [-0.2, 0) is 0 Å². The molecule has 0 saturated heterocycles. The van der Waals surface area contributed by atoms with Gasteiger partial charge in [-0.15, -0.1) is 0 Å². The fraction of sp³-hybridized carbons (Fsp3) is 0.545. The summed E-state index contributed by atoms with van der Waals surface area (Å²) in [4.78, 5) is 4.23. The van der Waals surface area contributed by atoms with Gasteiger partial charge in [0.15, 0.2) is 0 Å². The molecule has 2 rings (SSSR count). The lowest BCUT2D eigenvalue weighted by molar-refractivity contribution is 0.157. The number of halogens is 2. The van der Waals surface area contributed by atoms with E-state index < -0.39 is 6.10 Å². The first-order valence-corrected chi connectivity index (χ1v) is 6.74. The fourth-order valence-corrected chi connectivity index (χ4v) is 2.86. The molecule has 1 atom stereocenters. The molecule has 1 aliphatic carbocycles. The molecule has 0 aromatic carbocycles. The Hall–Kier alpha value is 0.0700. The molecule has 0 bridgehead atoms. The highest BCUT2D eigenvalue weighted by Crippen LogP contribution is 2.36. The number of aliphatic hydroxyl groups excluding tert-OH is 1. The Morgan fingerprint density at radius 2 is 2.20 bits per heavy atom. The van der Waals surface area contributed by atoms with Crippen LogP contribution in [0.25, 0.3) is 0 Å². The van der Waals surface area contributed by atoms with Gasteiger partial charge in [-0.3, -0.25) is 4.98 Å². The largest absolute Gasteiger partial charge is 0.387 e. The molecule has 1 aliphatic rings. The molecule has 1 saturated carbocycles. The minimum atomic E-state index is -0.437. The fourth-order valence-electron chi connectivity index (χ4n) is 1.61. The van der Waals surface area contributed by atoms with Crippen molar-refractivity contribution in [1.82, 2.24) is 4.98 Å². The zero-order valence-electron chi connectivity index (χ0n) is 8.29. The zero-order chi connectivity index (χ0) is 10.8.